The quantitative estimate of drug-likeness (QED) is 0.762. The maximum absolute atomic E-state index is 13.0. The molecule has 23 heavy (non-hydrogen) atoms. The van der Waals surface area contributed by atoms with Gasteiger partial charge in [0.25, 0.3) is 0 Å². The molecule has 7 heteroatoms. The lowest BCUT2D eigenvalue weighted by atomic mass is 10.2. The highest BCUT2D eigenvalue weighted by molar-refractivity contribution is 9.10. The molecule has 0 N–H and O–H groups in total. The van der Waals surface area contributed by atoms with Crippen LogP contribution in [-0.2, 0) is 11.3 Å². The van der Waals surface area contributed by atoms with Gasteiger partial charge < -0.3 is 9.64 Å². The Morgan fingerprint density at radius 3 is 2.65 bits per heavy atom. The zero-order valence-electron chi connectivity index (χ0n) is 12.3. The fourth-order valence-electron chi connectivity index (χ4n) is 2.40. The van der Waals surface area contributed by atoms with Gasteiger partial charge in [-0.25, -0.2) is 9.18 Å². The Balaban J connectivity index is 1.61. The van der Waals surface area contributed by atoms with E-state index >= 15 is 0 Å². The minimum absolute atomic E-state index is 0.0370. The van der Waals surface area contributed by atoms with Gasteiger partial charge in [0, 0.05) is 23.1 Å². The second kappa shape index (κ2) is 7.04. The Morgan fingerprint density at radius 2 is 2.00 bits per heavy atom. The van der Waals surface area contributed by atoms with Crippen LogP contribution in [0.3, 0.4) is 0 Å². The maximum Gasteiger partial charge on any atom is 0.359 e. The number of carbonyl (C=O) groups excluding carboxylic acids is 1. The van der Waals surface area contributed by atoms with E-state index in [-0.39, 0.29) is 18.1 Å². The topological polar surface area (TPSA) is 55.3 Å². The summed E-state index contributed by atoms with van der Waals surface area (Å²) in [5.74, 6) is -0.127. The van der Waals surface area contributed by atoms with Crippen molar-refractivity contribution >= 4 is 27.7 Å². The minimum Gasteiger partial charge on any atom is -0.456 e. The Labute approximate surface area is 141 Å². The number of carbonyl (C=O) groups is 1. The highest BCUT2D eigenvalue weighted by Gasteiger charge is 2.16. The standard InChI is InChI=1S/C16H15BrFN3O2/c17-13-9-12(18)4-3-11(13)10-23-16(22)14-5-6-15(20-19-14)21-7-1-2-8-21/h3-6,9H,1-2,7-8,10H2. The first-order valence-electron chi connectivity index (χ1n) is 7.33. The lowest BCUT2D eigenvalue weighted by Gasteiger charge is -2.15. The normalized spacial score (nSPS) is 14.1. The predicted molar refractivity (Wildman–Crippen MR) is 86.7 cm³/mol. The van der Waals surface area contributed by atoms with E-state index in [0.717, 1.165) is 31.7 Å². The minimum atomic E-state index is -0.554. The summed E-state index contributed by atoms with van der Waals surface area (Å²) in [6, 6.07) is 7.60. The maximum atomic E-state index is 13.0. The molecule has 0 bridgehead atoms. The zero-order chi connectivity index (χ0) is 16.2. The Bertz CT molecular complexity index is 703. The van der Waals surface area contributed by atoms with E-state index < -0.39 is 5.97 Å². The van der Waals surface area contributed by atoms with Crippen molar-refractivity contribution in [3.8, 4) is 0 Å². The summed E-state index contributed by atoms with van der Waals surface area (Å²) < 4.78 is 18.8. The largest absolute Gasteiger partial charge is 0.456 e. The second-order valence-corrected chi connectivity index (χ2v) is 6.14. The molecule has 1 aliphatic rings. The highest BCUT2D eigenvalue weighted by atomic mass is 79.9. The molecule has 1 aromatic heterocycles. The van der Waals surface area contributed by atoms with Crippen LogP contribution in [0, 0.1) is 5.82 Å². The molecule has 1 saturated heterocycles. The molecule has 0 unspecified atom stereocenters. The molecule has 0 atom stereocenters. The molecule has 1 aliphatic heterocycles. The average Bonchev–Trinajstić information content (AvgIpc) is 3.08. The van der Waals surface area contributed by atoms with Crippen molar-refractivity contribution in [2.45, 2.75) is 19.4 Å². The zero-order valence-corrected chi connectivity index (χ0v) is 13.9. The lowest BCUT2D eigenvalue weighted by molar-refractivity contribution is 0.0463. The third kappa shape index (κ3) is 3.85. The van der Waals surface area contributed by atoms with E-state index in [2.05, 4.69) is 31.0 Å². The number of anilines is 1. The first kappa shape index (κ1) is 15.9. The monoisotopic (exact) mass is 379 g/mol. The number of benzene rings is 1. The van der Waals surface area contributed by atoms with Crippen LogP contribution >= 0.6 is 15.9 Å². The van der Waals surface area contributed by atoms with Crippen LogP contribution in [0.15, 0.2) is 34.8 Å². The molecule has 1 fully saturated rings. The SMILES string of the molecule is O=C(OCc1ccc(F)cc1Br)c1ccc(N2CCCC2)nn1. The number of hydrogen-bond donors (Lipinski definition) is 0. The van der Waals surface area contributed by atoms with Crippen LogP contribution in [0.5, 0.6) is 0 Å². The summed E-state index contributed by atoms with van der Waals surface area (Å²) in [6.45, 7) is 1.98. The second-order valence-electron chi connectivity index (χ2n) is 5.28. The van der Waals surface area contributed by atoms with Crippen molar-refractivity contribution in [3.63, 3.8) is 0 Å². The van der Waals surface area contributed by atoms with Gasteiger partial charge in [-0.3, -0.25) is 0 Å². The fraction of sp³-hybridized carbons (Fsp3) is 0.312. The molecule has 2 aromatic rings. The molecule has 3 rings (SSSR count). The van der Waals surface area contributed by atoms with Gasteiger partial charge in [0.15, 0.2) is 11.5 Å². The van der Waals surface area contributed by atoms with Gasteiger partial charge in [-0.05, 0) is 37.1 Å². The summed E-state index contributed by atoms with van der Waals surface area (Å²) in [7, 11) is 0. The number of ether oxygens (including phenoxy) is 1. The van der Waals surface area contributed by atoms with Gasteiger partial charge in [0.1, 0.15) is 12.4 Å². The number of esters is 1. The van der Waals surface area contributed by atoms with Crippen LogP contribution < -0.4 is 4.90 Å². The molecule has 0 aliphatic carbocycles. The van der Waals surface area contributed by atoms with Crippen molar-refractivity contribution in [2.75, 3.05) is 18.0 Å². The summed E-state index contributed by atoms with van der Waals surface area (Å²) in [5, 5.41) is 8.02. The number of aromatic nitrogens is 2. The van der Waals surface area contributed by atoms with Crippen LogP contribution in [-0.4, -0.2) is 29.3 Å². The number of halogens is 2. The molecule has 0 spiro atoms. The van der Waals surface area contributed by atoms with Crippen molar-refractivity contribution in [1.82, 2.24) is 10.2 Å². The van der Waals surface area contributed by atoms with Gasteiger partial charge in [0.05, 0.1) is 0 Å². The molecule has 5 nitrogen and oxygen atoms in total. The van der Waals surface area contributed by atoms with E-state index in [1.165, 1.54) is 12.1 Å². The first-order valence-corrected chi connectivity index (χ1v) is 8.12. The van der Waals surface area contributed by atoms with E-state index in [4.69, 9.17) is 4.74 Å². The Kier molecular flexibility index (Phi) is 4.85. The molecule has 120 valence electrons. The molecule has 1 aromatic carbocycles. The van der Waals surface area contributed by atoms with Gasteiger partial charge in [-0.1, -0.05) is 22.0 Å². The van der Waals surface area contributed by atoms with Crippen molar-refractivity contribution in [2.24, 2.45) is 0 Å². The third-order valence-corrected chi connectivity index (χ3v) is 4.40. The number of nitrogens with zero attached hydrogens (tertiary/aromatic N) is 3. The van der Waals surface area contributed by atoms with E-state index in [1.807, 2.05) is 0 Å². The summed E-state index contributed by atoms with van der Waals surface area (Å²) in [4.78, 5) is 14.1. The molecular formula is C16H15BrFN3O2. The van der Waals surface area contributed by atoms with Crippen molar-refractivity contribution < 1.29 is 13.9 Å². The number of hydrogen-bond acceptors (Lipinski definition) is 5. The Hall–Kier alpha value is -2.02. The van der Waals surface area contributed by atoms with E-state index in [9.17, 15) is 9.18 Å². The predicted octanol–water partition coefficient (Wildman–Crippen LogP) is 3.34. The van der Waals surface area contributed by atoms with Gasteiger partial charge >= 0.3 is 5.97 Å². The van der Waals surface area contributed by atoms with Crippen molar-refractivity contribution in [3.05, 3.63) is 51.9 Å². The fourth-order valence-corrected chi connectivity index (χ4v) is 2.87. The van der Waals surface area contributed by atoms with E-state index in [1.54, 1.807) is 18.2 Å². The molecule has 0 radical (unpaired) electrons. The average molecular weight is 380 g/mol. The summed E-state index contributed by atoms with van der Waals surface area (Å²) in [5.41, 5.74) is 0.840. The molecule has 0 saturated carbocycles. The van der Waals surface area contributed by atoms with Gasteiger partial charge in [0.2, 0.25) is 0 Å². The summed E-state index contributed by atoms with van der Waals surface area (Å²) in [6.07, 6.45) is 2.30. The molecule has 0 amide bonds. The van der Waals surface area contributed by atoms with Crippen molar-refractivity contribution in [1.29, 1.82) is 0 Å². The molecular weight excluding hydrogens is 365 g/mol. The van der Waals surface area contributed by atoms with Crippen LogP contribution in [0.1, 0.15) is 28.9 Å². The van der Waals surface area contributed by atoms with Crippen LogP contribution in [0.2, 0.25) is 0 Å². The van der Waals surface area contributed by atoms with E-state index in [0.29, 0.717) is 10.0 Å². The third-order valence-electron chi connectivity index (χ3n) is 3.66. The van der Waals surface area contributed by atoms with Crippen LogP contribution in [0.4, 0.5) is 10.2 Å². The summed E-state index contributed by atoms with van der Waals surface area (Å²) >= 11 is 3.24. The first-order chi connectivity index (χ1) is 11.1. The molecule has 2 heterocycles. The highest BCUT2D eigenvalue weighted by Crippen LogP contribution is 2.20. The number of rotatable bonds is 4. The van der Waals surface area contributed by atoms with Gasteiger partial charge in [-0.15, -0.1) is 10.2 Å². The van der Waals surface area contributed by atoms with Gasteiger partial charge in [-0.2, -0.15) is 0 Å². The van der Waals surface area contributed by atoms with Crippen LogP contribution in [0.25, 0.3) is 0 Å². The lowest BCUT2D eigenvalue weighted by Crippen LogP contribution is -2.20. The Morgan fingerprint density at radius 1 is 1.22 bits per heavy atom. The smallest absolute Gasteiger partial charge is 0.359 e.